The van der Waals surface area contributed by atoms with Gasteiger partial charge in [0.05, 0.1) is 6.20 Å². The van der Waals surface area contributed by atoms with E-state index in [-0.39, 0.29) is 11.8 Å². The number of fused-ring (bicyclic) bond motifs is 1. The lowest BCUT2D eigenvalue weighted by Crippen LogP contribution is -2.45. The second-order valence-corrected chi connectivity index (χ2v) is 7.94. The van der Waals surface area contributed by atoms with Crippen molar-refractivity contribution in [3.05, 3.63) is 52.9 Å². The molecule has 0 saturated heterocycles. The van der Waals surface area contributed by atoms with Crippen LogP contribution in [0.25, 0.3) is 0 Å². The monoisotopic (exact) mass is 398 g/mol. The van der Waals surface area contributed by atoms with Crippen LogP contribution in [0.5, 0.6) is 0 Å². The first-order valence-corrected chi connectivity index (χ1v) is 10.2. The molecular formula is C21H23ClN4O2. The van der Waals surface area contributed by atoms with Crippen molar-refractivity contribution >= 4 is 29.2 Å². The molecule has 1 N–H and O–H groups in total. The maximum absolute atomic E-state index is 13.1. The molecule has 1 saturated carbocycles. The van der Waals surface area contributed by atoms with Crippen LogP contribution in [0.15, 0.2) is 36.8 Å². The molecule has 28 heavy (non-hydrogen) atoms. The van der Waals surface area contributed by atoms with Crippen molar-refractivity contribution in [3.63, 3.8) is 0 Å². The zero-order chi connectivity index (χ0) is 19.5. The lowest BCUT2D eigenvalue weighted by Gasteiger charge is -2.31. The zero-order valence-electron chi connectivity index (χ0n) is 15.6. The SMILES string of the molecule is O=C(Nc1cnccn1)[C@@H](CC1CCCCC1)N1Cc2c(Cl)cccc2C1=O. The second-order valence-electron chi connectivity index (χ2n) is 7.53. The summed E-state index contributed by atoms with van der Waals surface area (Å²) in [6, 6.07) is 4.79. The van der Waals surface area contributed by atoms with Gasteiger partial charge in [0.2, 0.25) is 5.91 Å². The molecule has 1 atom stereocenters. The lowest BCUT2D eigenvalue weighted by atomic mass is 9.84. The van der Waals surface area contributed by atoms with Crippen LogP contribution in [0.4, 0.5) is 5.82 Å². The van der Waals surface area contributed by atoms with Crippen molar-refractivity contribution in [2.75, 3.05) is 5.32 Å². The average molecular weight is 399 g/mol. The van der Waals surface area contributed by atoms with E-state index >= 15 is 0 Å². The summed E-state index contributed by atoms with van der Waals surface area (Å²) in [7, 11) is 0. The molecule has 1 aliphatic heterocycles. The smallest absolute Gasteiger partial charge is 0.255 e. The molecule has 6 nitrogen and oxygen atoms in total. The molecule has 1 aliphatic carbocycles. The third-order valence-corrected chi connectivity index (χ3v) is 6.07. The summed E-state index contributed by atoms with van der Waals surface area (Å²) in [5.74, 6) is 0.484. The number of anilines is 1. The molecule has 0 bridgehead atoms. The molecule has 4 rings (SSSR count). The molecular weight excluding hydrogens is 376 g/mol. The Hall–Kier alpha value is -2.47. The first-order valence-electron chi connectivity index (χ1n) is 9.78. The fourth-order valence-corrected chi connectivity index (χ4v) is 4.49. The first kappa shape index (κ1) is 18.9. The van der Waals surface area contributed by atoms with E-state index in [0.29, 0.717) is 35.3 Å². The Morgan fingerprint density at radius 3 is 2.79 bits per heavy atom. The molecule has 1 fully saturated rings. The van der Waals surface area contributed by atoms with Gasteiger partial charge in [0.15, 0.2) is 5.82 Å². The van der Waals surface area contributed by atoms with Gasteiger partial charge in [-0.1, -0.05) is 49.8 Å². The van der Waals surface area contributed by atoms with Crippen LogP contribution in [0.2, 0.25) is 5.02 Å². The van der Waals surface area contributed by atoms with Crippen LogP contribution in [0.1, 0.15) is 54.4 Å². The van der Waals surface area contributed by atoms with E-state index in [1.165, 1.54) is 31.7 Å². The number of hydrogen-bond donors (Lipinski definition) is 1. The van der Waals surface area contributed by atoms with E-state index in [4.69, 9.17) is 11.6 Å². The summed E-state index contributed by atoms with van der Waals surface area (Å²) < 4.78 is 0. The summed E-state index contributed by atoms with van der Waals surface area (Å²) in [5.41, 5.74) is 1.39. The van der Waals surface area contributed by atoms with Gasteiger partial charge < -0.3 is 10.2 Å². The Morgan fingerprint density at radius 1 is 1.25 bits per heavy atom. The number of amides is 2. The standard InChI is InChI=1S/C21H23ClN4O2/c22-17-8-4-7-15-16(17)13-26(21(15)28)18(11-14-5-2-1-3-6-14)20(27)25-19-12-23-9-10-24-19/h4,7-10,12,14,18H,1-3,5-6,11,13H2,(H,24,25,27)/t18-/m1/s1. The number of nitrogens with one attached hydrogen (secondary N) is 1. The third kappa shape index (κ3) is 3.87. The topological polar surface area (TPSA) is 75.2 Å². The molecule has 2 aromatic rings. The van der Waals surface area contributed by atoms with Gasteiger partial charge in [0, 0.05) is 35.1 Å². The summed E-state index contributed by atoms with van der Waals surface area (Å²) in [4.78, 5) is 36.0. The fourth-order valence-electron chi connectivity index (χ4n) is 4.26. The second kappa shape index (κ2) is 8.27. The van der Waals surface area contributed by atoms with Crippen molar-refractivity contribution in [3.8, 4) is 0 Å². The maximum atomic E-state index is 13.1. The number of hydrogen-bond acceptors (Lipinski definition) is 4. The predicted molar refractivity (Wildman–Crippen MR) is 107 cm³/mol. The molecule has 1 aromatic heterocycles. The van der Waals surface area contributed by atoms with Gasteiger partial charge in [0.1, 0.15) is 6.04 Å². The van der Waals surface area contributed by atoms with Crippen molar-refractivity contribution in [2.24, 2.45) is 5.92 Å². The fraction of sp³-hybridized carbons (Fsp3) is 0.429. The van der Waals surface area contributed by atoms with Crippen LogP contribution < -0.4 is 5.32 Å². The molecule has 2 aliphatic rings. The first-order chi connectivity index (χ1) is 13.6. The quantitative estimate of drug-likeness (QED) is 0.823. The number of carbonyl (C=O) groups is 2. The van der Waals surface area contributed by atoms with Crippen molar-refractivity contribution in [2.45, 2.75) is 51.1 Å². The minimum Gasteiger partial charge on any atom is -0.322 e. The molecule has 2 heterocycles. The number of halogens is 1. The van der Waals surface area contributed by atoms with Gasteiger partial charge >= 0.3 is 0 Å². The summed E-state index contributed by atoms with van der Waals surface area (Å²) >= 11 is 6.31. The zero-order valence-corrected chi connectivity index (χ0v) is 16.4. The highest BCUT2D eigenvalue weighted by atomic mass is 35.5. The number of carbonyl (C=O) groups excluding carboxylic acids is 2. The van der Waals surface area contributed by atoms with E-state index in [1.54, 1.807) is 29.3 Å². The Labute approximate surface area is 169 Å². The lowest BCUT2D eigenvalue weighted by molar-refractivity contribution is -0.121. The number of aromatic nitrogens is 2. The normalized spacial score (nSPS) is 18.0. The van der Waals surface area contributed by atoms with Crippen LogP contribution >= 0.6 is 11.6 Å². The molecule has 0 radical (unpaired) electrons. The molecule has 2 amide bonds. The van der Waals surface area contributed by atoms with Gasteiger partial charge in [-0.2, -0.15) is 0 Å². The van der Waals surface area contributed by atoms with Crippen molar-refractivity contribution in [1.29, 1.82) is 0 Å². The predicted octanol–water partition coefficient (Wildman–Crippen LogP) is 4.06. The van der Waals surface area contributed by atoms with E-state index < -0.39 is 6.04 Å². The molecule has 7 heteroatoms. The highest BCUT2D eigenvalue weighted by Gasteiger charge is 2.38. The Balaban J connectivity index is 1.58. The van der Waals surface area contributed by atoms with E-state index in [0.717, 1.165) is 18.4 Å². The average Bonchev–Trinajstić information content (AvgIpc) is 3.05. The maximum Gasteiger partial charge on any atom is 0.255 e. The summed E-state index contributed by atoms with van der Waals surface area (Å²) in [5, 5.41) is 3.40. The van der Waals surface area contributed by atoms with Crippen LogP contribution in [0.3, 0.4) is 0 Å². The minimum atomic E-state index is -0.555. The highest BCUT2D eigenvalue weighted by Crippen LogP contribution is 2.34. The summed E-state index contributed by atoms with van der Waals surface area (Å²) in [6.07, 6.45) is 11.1. The van der Waals surface area contributed by atoms with E-state index in [2.05, 4.69) is 15.3 Å². The third-order valence-electron chi connectivity index (χ3n) is 5.71. The number of nitrogens with zero attached hydrogens (tertiary/aromatic N) is 3. The molecule has 1 aromatic carbocycles. The van der Waals surface area contributed by atoms with Gasteiger partial charge in [0.25, 0.3) is 5.91 Å². The van der Waals surface area contributed by atoms with Gasteiger partial charge in [-0.15, -0.1) is 0 Å². The Morgan fingerprint density at radius 2 is 2.07 bits per heavy atom. The molecule has 0 spiro atoms. The van der Waals surface area contributed by atoms with Gasteiger partial charge in [-0.3, -0.25) is 14.6 Å². The van der Waals surface area contributed by atoms with Crippen LogP contribution in [-0.2, 0) is 11.3 Å². The van der Waals surface area contributed by atoms with Crippen LogP contribution in [0, 0.1) is 5.92 Å². The number of benzene rings is 1. The largest absolute Gasteiger partial charge is 0.322 e. The van der Waals surface area contributed by atoms with Crippen molar-refractivity contribution < 1.29 is 9.59 Å². The molecule has 146 valence electrons. The Kier molecular flexibility index (Phi) is 5.57. The highest BCUT2D eigenvalue weighted by molar-refractivity contribution is 6.32. The van der Waals surface area contributed by atoms with Crippen LogP contribution in [-0.4, -0.2) is 32.7 Å². The van der Waals surface area contributed by atoms with E-state index in [1.807, 2.05) is 0 Å². The van der Waals surface area contributed by atoms with E-state index in [9.17, 15) is 9.59 Å². The minimum absolute atomic E-state index is 0.132. The summed E-state index contributed by atoms with van der Waals surface area (Å²) in [6.45, 7) is 0.360. The molecule has 0 unspecified atom stereocenters. The Bertz CT molecular complexity index is 868. The van der Waals surface area contributed by atoms with Crippen molar-refractivity contribution in [1.82, 2.24) is 14.9 Å². The van der Waals surface area contributed by atoms with Gasteiger partial charge in [-0.25, -0.2) is 4.98 Å². The number of rotatable bonds is 5. The van der Waals surface area contributed by atoms with Gasteiger partial charge in [-0.05, 0) is 24.5 Å².